The molecule has 2 heterocycles. The highest BCUT2D eigenvalue weighted by molar-refractivity contribution is 5.30. The van der Waals surface area contributed by atoms with Crippen molar-refractivity contribution in [2.45, 2.75) is 38.8 Å². The van der Waals surface area contributed by atoms with Crippen LogP contribution in [0.2, 0.25) is 0 Å². The lowest BCUT2D eigenvalue weighted by Crippen LogP contribution is -2.40. The minimum Gasteiger partial charge on any atom is -0.378 e. The van der Waals surface area contributed by atoms with Gasteiger partial charge in [-0.1, -0.05) is 0 Å². The van der Waals surface area contributed by atoms with Crippen LogP contribution in [0.25, 0.3) is 0 Å². The number of rotatable bonds is 5. The lowest BCUT2D eigenvalue weighted by Gasteiger charge is -2.26. The molecule has 1 aromatic rings. The number of hydrogen-bond acceptors (Lipinski definition) is 4. The van der Waals surface area contributed by atoms with E-state index in [2.05, 4.69) is 34.9 Å². The van der Waals surface area contributed by atoms with Crippen LogP contribution in [0.1, 0.15) is 32.0 Å². The highest BCUT2D eigenvalue weighted by Crippen LogP contribution is 2.24. The highest BCUT2D eigenvalue weighted by Gasteiger charge is 2.35. The maximum Gasteiger partial charge on any atom is 0.203 e. The Morgan fingerprint density at radius 1 is 1.61 bits per heavy atom. The third-order valence-corrected chi connectivity index (χ3v) is 3.48. The number of hydrogen-bond donors (Lipinski definition) is 1. The first-order chi connectivity index (χ1) is 8.56. The number of aromatic nitrogens is 2. The van der Waals surface area contributed by atoms with Crippen molar-refractivity contribution in [1.29, 1.82) is 0 Å². The van der Waals surface area contributed by atoms with Crippen LogP contribution in [-0.2, 0) is 9.47 Å². The van der Waals surface area contributed by atoms with E-state index in [0.717, 1.165) is 31.2 Å². The predicted molar refractivity (Wildman–Crippen MR) is 71.0 cm³/mol. The molecule has 0 aliphatic carbocycles. The van der Waals surface area contributed by atoms with Gasteiger partial charge in [0.05, 0.1) is 12.3 Å². The van der Waals surface area contributed by atoms with Crippen LogP contribution >= 0.6 is 0 Å². The Balaban J connectivity index is 2.05. The molecule has 1 aliphatic rings. The van der Waals surface area contributed by atoms with E-state index in [4.69, 9.17) is 9.47 Å². The standard InChI is InChI=1S/C13H23N3O2/c1-10(2)16-7-11(3)15-12(16)14-8-13(17-4)5-6-18-9-13/h7,10H,5-6,8-9H2,1-4H3,(H,14,15). The summed E-state index contributed by atoms with van der Waals surface area (Å²) in [6.07, 6.45) is 3.00. The molecule has 1 fully saturated rings. The SMILES string of the molecule is COC1(CNc2nc(C)cn2C(C)C)CCOC1. The summed E-state index contributed by atoms with van der Waals surface area (Å²) >= 11 is 0. The molecule has 18 heavy (non-hydrogen) atoms. The number of nitrogens with one attached hydrogen (secondary N) is 1. The van der Waals surface area contributed by atoms with Gasteiger partial charge in [0.25, 0.3) is 0 Å². The fourth-order valence-corrected chi connectivity index (χ4v) is 2.24. The zero-order valence-electron chi connectivity index (χ0n) is 11.7. The van der Waals surface area contributed by atoms with Crippen molar-refractivity contribution < 1.29 is 9.47 Å². The second-order valence-electron chi connectivity index (χ2n) is 5.25. The smallest absolute Gasteiger partial charge is 0.203 e. The summed E-state index contributed by atoms with van der Waals surface area (Å²) < 4.78 is 13.2. The number of imidazole rings is 1. The van der Waals surface area contributed by atoms with E-state index < -0.39 is 0 Å². The second kappa shape index (κ2) is 5.28. The Morgan fingerprint density at radius 3 is 2.94 bits per heavy atom. The quantitative estimate of drug-likeness (QED) is 0.872. The monoisotopic (exact) mass is 253 g/mol. The zero-order valence-corrected chi connectivity index (χ0v) is 11.7. The van der Waals surface area contributed by atoms with Crippen LogP contribution in [0.3, 0.4) is 0 Å². The molecule has 1 unspecified atom stereocenters. The van der Waals surface area contributed by atoms with E-state index in [1.165, 1.54) is 0 Å². The minimum absolute atomic E-state index is 0.207. The molecule has 1 atom stereocenters. The number of aryl methyl sites for hydroxylation is 1. The first kappa shape index (κ1) is 13.4. The van der Waals surface area contributed by atoms with Gasteiger partial charge in [-0.05, 0) is 20.8 Å². The number of anilines is 1. The van der Waals surface area contributed by atoms with E-state index in [1.54, 1.807) is 7.11 Å². The van der Waals surface area contributed by atoms with Crippen molar-refractivity contribution in [3.8, 4) is 0 Å². The molecule has 0 aromatic carbocycles. The molecule has 1 aliphatic heterocycles. The predicted octanol–water partition coefficient (Wildman–Crippen LogP) is 1.99. The molecule has 1 N–H and O–H groups in total. The molecule has 102 valence electrons. The normalized spacial score (nSPS) is 23.8. The Kier molecular flexibility index (Phi) is 3.92. The molecule has 5 heteroatoms. The third kappa shape index (κ3) is 2.67. The Labute approximate surface area is 108 Å². The van der Waals surface area contributed by atoms with Gasteiger partial charge in [0.15, 0.2) is 0 Å². The topological polar surface area (TPSA) is 48.3 Å². The number of nitrogens with zero attached hydrogens (tertiary/aromatic N) is 2. The molecular formula is C13H23N3O2. The molecule has 0 saturated carbocycles. The average Bonchev–Trinajstić information content (AvgIpc) is 2.93. The van der Waals surface area contributed by atoms with E-state index in [0.29, 0.717) is 12.6 Å². The van der Waals surface area contributed by atoms with Gasteiger partial charge in [-0.2, -0.15) is 0 Å². The largest absolute Gasteiger partial charge is 0.378 e. The van der Waals surface area contributed by atoms with Crippen molar-refractivity contribution >= 4 is 5.95 Å². The number of ether oxygens (including phenoxy) is 2. The molecule has 1 saturated heterocycles. The summed E-state index contributed by atoms with van der Waals surface area (Å²) in [6.45, 7) is 8.46. The van der Waals surface area contributed by atoms with Gasteiger partial charge in [0.1, 0.15) is 5.60 Å². The highest BCUT2D eigenvalue weighted by atomic mass is 16.5. The van der Waals surface area contributed by atoms with Crippen molar-refractivity contribution in [3.05, 3.63) is 11.9 Å². The maximum absolute atomic E-state index is 5.60. The average molecular weight is 253 g/mol. The van der Waals surface area contributed by atoms with E-state index >= 15 is 0 Å². The van der Waals surface area contributed by atoms with Gasteiger partial charge in [-0.25, -0.2) is 4.98 Å². The minimum atomic E-state index is -0.207. The van der Waals surface area contributed by atoms with E-state index in [1.807, 2.05) is 6.92 Å². The Hall–Kier alpha value is -1.07. The van der Waals surface area contributed by atoms with Gasteiger partial charge >= 0.3 is 0 Å². The van der Waals surface area contributed by atoms with Crippen LogP contribution in [-0.4, -0.2) is 42.0 Å². The third-order valence-electron chi connectivity index (χ3n) is 3.48. The van der Waals surface area contributed by atoms with Crippen molar-refractivity contribution in [2.75, 3.05) is 32.2 Å². The van der Waals surface area contributed by atoms with Crippen LogP contribution in [0, 0.1) is 6.92 Å². The molecule has 2 rings (SSSR count). The zero-order chi connectivity index (χ0) is 13.2. The van der Waals surface area contributed by atoms with Crippen LogP contribution < -0.4 is 5.32 Å². The first-order valence-electron chi connectivity index (χ1n) is 6.48. The summed E-state index contributed by atoms with van der Waals surface area (Å²) in [5, 5.41) is 3.40. The van der Waals surface area contributed by atoms with Crippen molar-refractivity contribution in [3.63, 3.8) is 0 Å². The Morgan fingerprint density at radius 2 is 2.39 bits per heavy atom. The lowest BCUT2D eigenvalue weighted by molar-refractivity contribution is -0.00636. The molecule has 0 amide bonds. The summed E-state index contributed by atoms with van der Waals surface area (Å²) in [6, 6.07) is 0.395. The van der Waals surface area contributed by atoms with Gasteiger partial charge in [0, 0.05) is 38.9 Å². The van der Waals surface area contributed by atoms with Gasteiger partial charge in [-0.3, -0.25) is 0 Å². The summed E-state index contributed by atoms with van der Waals surface area (Å²) in [4.78, 5) is 4.51. The molecule has 0 bridgehead atoms. The molecule has 1 aromatic heterocycles. The molecule has 0 radical (unpaired) electrons. The fraction of sp³-hybridized carbons (Fsp3) is 0.769. The van der Waals surface area contributed by atoms with Crippen LogP contribution in [0.15, 0.2) is 6.20 Å². The molecule has 0 spiro atoms. The van der Waals surface area contributed by atoms with Gasteiger partial charge in [0.2, 0.25) is 5.95 Å². The van der Waals surface area contributed by atoms with Crippen molar-refractivity contribution in [2.24, 2.45) is 0 Å². The van der Waals surface area contributed by atoms with Crippen molar-refractivity contribution in [1.82, 2.24) is 9.55 Å². The summed E-state index contributed by atoms with van der Waals surface area (Å²) in [5.74, 6) is 0.908. The first-order valence-corrected chi connectivity index (χ1v) is 6.48. The molecular weight excluding hydrogens is 230 g/mol. The van der Waals surface area contributed by atoms with Crippen LogP contribution in [0.5, 0.6) is 0 Å². The second-order valence-corrected chi connectivity index (χ2v) is 5.25. The summed E-state index contributed by atoms with van der Waals surface area (Å²) in [7, 11) is 1.75. The molecule has 5 nitrogen and oxygen atoms in total. The lowest BCUT2D eigenvalue weighted by atomic mass is 10.0. The van der Waals surface area contributed by atoms with Gasteiger partial charge < -0.3 is 19.4 Å². The summed E-state index contributed by atoms with van der Waals surface area (Å²) in [5.41, 5.74) is 0.821. The maximum atomic E-state index is 5.60. The van der Waals surface area contributed by atoms with E-state index in [9.17, 15) is 0 Å². The fourth-order valence-electron chi connectivity index (χ4n) is 2.24. The van der Waals surface area contributed by atoms with Crippen LogP contribution in [0.4, 0.5) is 5.95 Å². The van der Waals surface area contributed by atoms with Gasteiger partial charge in [-0.15, -0.1) is 0 Å². The van der Waals surface area contributed by atoms with E-state index in [-0.39, 0.29) is 5.60 Å². The number of methoxy groups -OCH3 is 1. The Bertz CT molecular complexity index is 395.